The number of carbonyl (C=O) groups is 1. The molecule has 0 saturated heterocycles. The fraction of sp³-hybridized carbons (Fsp3) is 0.450. The van der Waals surface area contributed by atoms with Crippen LogP contribution in [0.1, 0.15) is 25.0 Å². The number of hydrogen-bond donors (Lipinski definition) is 1. The van der Waals surface area contributed by atoms with Gasteiger partial charge in [0.1, 0.15) is 0 Å². The summed E-state index contributed by atoms with van der Waals surface area (Å²) in [6, 6.07) is 6.85. The fourth-order valence-electron chi connectivity index (χ4n) is 4.42. The van der Waals surface area contributed by atoms with Crippen LogP contribution in [0.25, 0.3) is 16.5 Å². The first kappa shape index (κ1) is 17.1. The van der Waals surface area contributed by atoms with Crippen LogP contribution in [0.15, 0.2) is 24.3 Å². The highest BCUT2D eigenvalue weighted by atomic mass is 125. The van der Waals surface area contributed by atoms with Gasteiger partial charge < -0.3 is 9.88 Å². The van der Waals surface area contributed by atoms with Gasteiger partial charge in [-0.15, -0.1) is 0 Å². The summed E-state index contributed by atoms with van der Waals surface area (Å²) in [6.45, 7) is 6.46. The van der Waals surface area contributed by atoms with E-state index in [4.69, 9.17) is 0 Å². The Balaban J connectivity index is 1.83. The van der Waals surface area contributed by atoms with Gasteiger partial charge in [0.25, 0.3) is 0 Å². The van der Waals surface area contributed by atoms with Crippen molar-refractivity contribution in [3.05, 3.63) is 39.1 Å². The molecule has 2 heterocycles. The molecule has 5 heteroatoms. The van der Waals surface area contributed by atoms with Crippen molar-refractivity contribution in [1.82, 2.24) is 14.8 Å². The van der Waals surface area contributed by atoms with E-state index in [1.54, 1.807) is 0 Å². The monoisotopic (exact) mass is 447 g/mol. The van der Waals surface area contributed by atoms with Gasteiger partial charge in [-0.3, -0.25) is 9.69 Å². The summed E-state index contributed by atoms with van der Waals surface area (Å²) < 4.78 is 1.24. The standard InChI is InChI=1S/C20H24IN3O/c1-4-24(5-2)20(25)12-9-14-13-7-6-8-16-18(13)15(19(21)22-16)10-17(14)23(3)11-12/h6-9,12,17,22H,4-5,10-11H2,1-3H3/t12-,17-/m1/s1/i21-2. The van der Waals surface area contributed by atoms with Crippen LogP contribution in [-0.4, -0.2) is 53.4 Å². The van der Waals surface area contributed by atoms with Crippen LogP contribution < -0.4 is 0 Å². The third kappa shape index (κ3) is 2.63. The summed E-state index contributed by atoms with van der Waals surface area (Å²) in [5.41, 5.74) is 5.25. The van der Waals surface area contributed by atoms with Gasteiger partial charge in [0, 0.05) is 36.6 Å². The lowest BCUT2D eigenvalue weighted by atomic mass is 9.79. The molecule has 0 bridgehead atoms. The number of nitrogens with one attached hydrogen (secondary N) is 1. The minimum Gasteiger partial charge on any atom is -0.350 e. The summed E-state index contributed by atoms with van der Waals surface area (Å²) >= 11 is 2.41. The number of benzene rings is 1. The van der Waals surface area contributed by atoms with E-state index in [9.17, 15) is 4.79 Å². The highest BCUT2D eigenvalue weighted by Gasteiger charge is 2.37. The second kappa shape index (κ2) is 6.43. The van der Waals surface area contributed by atoms with Gasteiger partial charge in [0.15, 0.2) is 0 Å². The van der Waals surface area contributed by atoms with E-state index in [-0.39, 0.29) is 11.8 Å². The predicted molar refractivity (Wildman–Crippen MR) is 111 cm³/mol. The molecule has 2 atom stereocenters. The lowest BCUT2D eigenvalue weighted by molar-refractivity contribution is -0.134. The van der Waals surface area contributed by atoms with Crippen LogP contribution in [0, 0.1) is 9.62 Å². The van der Waals surface area contributed by atoms with Crippen LogP contribution in [0.3, 0.4) is 0 Å². The average Bonchev–Trinajstić information content (AvgIpc) is 2.93. The van der Waals surface area contributed by atoms with E-state index in [2.05, 4.69) is 77.6 Å². The molecule has 4 nitrogen and oxygen atoms in total. The number of carbonyl (C=O) groups excluding carboxylic acids is 1. The number of hydrogen-bond acceptors (Lipinski definition) is 2. The van der Waals surface area contributed by atoms with Crippen LogP contribution in [0.4, 0.5) is 0 Å². The number of halogens is 1. The van der Waals surface area contributed by atoms with Gasteiger partial charge in [-0.05, 0) is 72.7 Å². The van der Waals surface area contributed by atoms with Crippen molar-refractivity contribution in [1.29, 1.82) is 0 Å². The molecule has 132 valence electrons. The molecule has 2 aromatic rings. The third-order valence-corrected chi connectivity index (χ3v) is 6.65. The topological polar surface area (TPSA) is 39.3 Å². The Morgan fingerprint density at radius 2 is 2.12 bits per heavy atom. The summed E-state index contributed by atoms with van der Waals surface area (Å²) in [7, 11) is 2.16. The number of aromatic amines is 1. The summed E-state index contributed by atoms with van der Waals surface area (Å²) in [5, 5.41) is 1.35. The maximum Gasteiger partial charge on any atom is 0.230 e. The molecule has 1 N–H and O–H groups in total. The molecule has 0 saturated carbocycles. The Morgan fingerprint density at radius 1 is 1.36 bits per heavy atom. The number of nitrogens with zero attached hydrogens (tertiary/aromatic N) is 2. The maximum absolute atomic E-state index is 12.9. The first-order valence-corrected chi connectivity index (χ1v) is 10.1. The largest absolute Gasteiger partial charge is 0.350 e. The number of rotatable bonds is 3. The molecular weight excluding hydrogens is 423 g/mol. The Hall–Kier alpha value is -1.34. The molecule has 1 aliphatic heterocycles. The number of likely N-dealkylation sites (N-methyl/N-ethyl adjacent to an activating group) is 1. The first-order valence-electron chi connectivity index (χ1n) is 9.05. The minimum absolute atomic E-state index is 0.0500. The van der Waals surface area contributed by atoms with E-state index >= 15 is 0 Å². The van der Waals surface area contributed by atoms with E-state index in [0.29, 0.717) is 6.04 Å². The van der Waals surface area contributed by atoms with Crippen molar-refractivity contribution in [2.75, 3.05) is 26.7 Å². The quantitative estimate of drug-likeness (QED) is 0.732. The molecule has 1 aromatic heterocycles. The zero-order valence-electron chi connectivity index (χ0n) is 15.0. The van der Waals surface area contributed by atoms with Crippen LogP contribution in [-0.2, 0) is 11.2 Å². The molecule has 0 unspecified atom stereocenters. The van der Waals surface area contributed by atoms with Gasteiger partial charge in [-0.1, -0.05) is 18.2 Å². The molecule has 4 rings (SSSR count). The first-order chi connectivity index (χ1) is 12.0. The lowest BCUT2D eigenvalue weighted by Gasteiger charge is -2.40. The Bertz CT molecular complexity index is 865. The highest BCUT2D eigenvalue weighted by Crippen LogP contribution is 2.42. The van der Waals surface area contributed by atoms with Gasteiger partial charge in [0.05, 0.1) is 9.62 Å². The van der Waals surface area contributed by atoms with Crippen molar-refractivity contribution >= 4 is 45.0 Å². The molecule has 2 aliphatic rings. The predicted octanol–water partition coefficient (Wildman–Crippen LogP) is 3.51. The second-order valence-electron chi connectivity index (χ2n) is 7.04. The summed E-state index contributed by atoms with van der Waals surface area (Å²) in [4.78, 5) is 20.8. The summed E-state index contributed by atoms with van der Waals surface area (Å²) in [5.74, 6) is 0.204. The molecule has 1 aromatic carbocycles. The van der Waals surface area contributed by atoms with E-state index in [1.807, 2.05) is 4.90 Å². The van der Waals surface area contributed by atoms with Gasteiger partial charge in [0.2, 0.25) is 5.91 Å². The minimum atomic E-state index is -0.0500. The Morgan fingerprint density at radius 3 is 2.84 bits per heavy atom. The normalized spacial score (nSPS) is 22.6. The third-order valence-electron chi connectivity index (χ3n) is 5.73. The van der Waals surface area contributed by atoms with Crippen molar-refractivity contribution in [3.63, 3.8) is 0 Å². The second-order valence-corrected chi connectivity index (χ2v) is 8.12. The Kier molecular flexibility index (Phi) is 4.40. The number of H-pyrrole nitrogens is 1. The zero-order valence-corrected chi connectivity index (χ0v) is 17.1. The molecule has 1 amide bonds. The maximum atomic E-state index is 12.9. The molecule has 1 aliphatic carbocycles. The number of fused-ring (bicyclic) bond motifs is 2. The van der Waals surface area contributed by atoms with E-state index in [0.717, 1.165) is 26.1 Å². The molecule has 0 spiro atoms. The lowest BCUT2D eigenvalue weighted by Crippen LogP contribution is -2.47. The number of aromatic nitrogens is 1. The van der Waals surface area contributed by atoms with E-state index < -0.39 is 0 Å². The van der Waals surface area contributed by atoms with Gasteiger partial charge >= 0.3 is 0 Å². The molecule has 25 heavy (non-hydrogen) atoms. The fourth-order valence-corrected chi connectivity index (χ4v) is 5.20. The van der Waals surface area contributed by atoms with Crippen LogP contribution >= 0.6 is 22.6 Å². The number of amides is 1. The molecule has 0 fully saturated rings. The van der Waals surface area contributed by atoms with Crippen molar-refractivity contribution in [3.8, 4) is 0 Å². The highest BCUT2D eigenvalue weighted by molar-refractivity contribution is 14.1. The zero-order chi connectivity index (χ0) is 17.7. The van der Waals surface area contributed by atoms with Crippen LogP contribution in [0.2, 0.25) is 0 Å². The summed E-state index contributed by atoms with van der Waals surface area (Å²) in [6.07, 6.45) is 3.27. The van der Waals surface area contributed by atoms with Gasteiger partial charge in [-0.25, -0.2) is 0 Å². The smallest absolute Gasteiger partial charge is 0.230 e. The Labute approximate surface area is 162 Å². The SMILES string of the molecule is CCN(CC)C(=O)[C@@H]1C=C2c3cccc4[nH]c([125I])c(c34)C[C@H]2N(C)C1. The van der Waals surface area contributed by atoms with E-state index in [1.165, 1.54) is 31.3 Å². The van der Waals surface area contributed by atoms with Crippen LogP contribution in [0.5, 0.6) is 0 Å². The molecular formula is C20H24IN3O. The van der Waals surface area contributed by atoms with Crippen molar-refractivity contribution in [2.45, 2.75) is 26.3 Å². The van der Waals surface area contributed by atoms with Crippen molar-refractivity contribution in [2.24, 2.45) is 5.92 Å². The molecule has 0 radical (unpaired) electrons. The van der Waals surface area contributed by atoms with Gasteiger partial charge in [-0.2, -0.15) is 0 Å². The average molecular weight is 447 g/mol. The van der Waals surface area contributed by atoms with Crippen molar-refractivity contribution < 1.29 is 4.79 Å².